The van der Waals surface area contributed by atoms with Crippen molar-refractivity contribution in [2.24, 2.45) is 0 Å². The summed E-state index contributed by atoms with van der Waals surface area (Å²) in [5, 5.41) is 6.26. The molecule has 0 spiro atoms. The fourth-order valence-corrected chi connectivity index (χ4v) is 2.21. The Kier molecular flexibility index (Phi) is 5.30. The van der Waals surface area contributed by atoms with Gasteiger partial charge in [0.2, 0.25) is 5.91 Å². The Balaban J connectivity index is 1.74. The molecule has 0 unspecified atom stereocenters. The maximum Gasteiger partial charge on any atom is 0.234 e. The van der Waals surface area contributed by atoms with Crippen LogP contribution in [-0.4, -0.2) is 48.5 Å². The second-order valence-electron chi connectivity index (χ2n) is 4.93. The summed E-state index contributed by atoms with van der Waals surface area (Å²) in [7, 11) is 0. The number of nitrogens with zero attached hydrogens (tertiary/aromatic N) is 2. The third-order valence-electron chi connectivity index (χ3n) is 3.21. The Morgan fingerprint density at radius 1 is 1.42 bits per heavy atom. The van der Waals surface area contributed by atoms with E-state index in [0.29, 0.717) is 13.1 Å². The van der Waals surface area contributed by atoms with Gasteiger partial charge >= 0.3 is 0 Å². The summed E-state index contributed by atoms with van der Waals surface area (Å²) in [6, 6.07) is 5.85. The Labute approximate surface area is 114 Å². The van der Waals surface area contributed by atoms with E-state index in [1.54, 1.807) is 0 Å². The Morgan fingerprint density at radius 3 is 3.16 bits per heavy atom. The molecule has 1 aromatic heterocycles. The summed E-state index contributed by atoms with van der Waals surface area (Å²) < 4.78 is 0. The quantitative estimate of drug-likeness (QED) is 0.819. The summed E-state index contributed by atoms with van der Waals surface area (Å²) in [6.45, 7) is 6.88. The first kappa shape index (κ1) is 14.0. The van der Waals surface area contributed by atoms with Crippen LogP contribution in [0.5, 0.6) is 0 Å². The first-order valence-electron chi connectivity index (χ1n) is 6.86. The van der Waals surface area contributed by atoms with E-state index in [4.69, 9.17) is 0 Å². The summed E-state index contributed by atoms with van der Waals surface area (Å²) in [5.74, 6) is 0.0743. The summed E-state index contributed by atoms with van der Waals surface area (Å²) >= 11 is 0. The second-order valence-corrected chi connectivity index (χ2v) is 4.93. The highest BCUT2D eigenvalue weighted by atomic mass is 16.2. The topological polar surface area (TPSA) is 57.3 Å². The van der Waals surface area contributed by atoms with Crippen LogP contribution in [0.15, 0.2) is 18.2 Å². The van der Waals surface area contributed by atoms with Crippen LogP contribution in [0.2, 0.25) is 0 Å². The summed E-state index contributed by atoms with van der Waals surface area (Å²) in [6.07, 6.45) is 1.10. The third kappa shape index (κ3) is 4.96. The molecule has 0 bridgehead atoms. The van der Waals surface area contributed by atoms with Gasteiger partial charge in [-0.05, 0) is 38.6 Å². The number of carbonyl (C=O) groups excluding carboxylic acids is 1. The minimum atomic E-state index is 0.0743. The van der Waals surface area contributed by atoms with Crippen LogP contribution in [0.4, 0.5) is 0 Å². The van der Waals surface area contributed by atoms with Gasteiger partial charge in [0.05, 0.1) is 18.8 Å². The van der Waals surface area contributed by atoms with Crippen molar-refractivity contribution in [3.05, 3.63) is 29.6 Å². The molecule has 5 nitrogen and oxygen atoms in total. The zero-order chi connectivity index (χ0) is 13.5. The third-order valence-corrected chi connectivity index (χ3v) is 3.21. The predicted molar refractivity (Wildman–Crippen MR) is 74.7 cm³/mol. The molecule has 1 saturated heterocycles. The van der Waals surface area contributed by atoms with Crippen molar-refractivity contribution in [1.29, 1.82) is 0 Å². The van der Waals surface area contributed by atoms with E-state index >= 15 is 0 Å². The lowest BCUT2D eigenvalue weighted by Crippen LogP contribution is -2.38. The number of amides is 1. The molecule has 19 heavy (non-hydrogen) atoms. The number of aromatic nitrogens is 1. The normalized spacial score (nSPS) is 16.9. The molecule has 0 aliphatic carbocycles. The van der Waals surface area contributed by atoms with E-state index in [1.165, 1.54) is 0 Å². The maximum absolute atomic E-state index is 11.9. The van der Waals surface area contributed by atoms with Gasteiger partial charge in [0.15, 0.2) is 0 Å². The number of pyridine rings is 1. The minimum absolute atomic E-state index is 0.0743. The standard InChI is InChI=1S/C14H22N4O/c1-12-4-2-5-13(17-12)10-16-14(19)11-18-8-3-6-15-7-9-18/h2,4-5,15H,3,6-11H2,1H3,(H,16,19). The predicted octanol–water partition coefficient (Wildman–Crippen LogP) is 0.302. The van der Waals surface area contributed by atoms with Crippen molar-refractivity contribution in [2.75, 3.05) is 32.7 Å². The zero-order valence-corrected chi connectivity index (χ0v) is 11.5. The molecule has 1 fully saturated rings. The van der Waals surface area contributed by atoms with Gasteiger partial charge in [-0.2, -0.15) is 0 Å². The second kappa shape index (κ2) is 7.21. The molecule has 0 saturated carbocycles. The lowest BCUT2D eigenvalue weighted by Gasteiger charge is -2.18. The van der Waals surface area contributed by atoms with E-state index in [2.05, 4.69) is 20.5 Å². The van der Waals surface area contributed by atoms with E-state index < -0.39 is 0 Å². The first-order chi connectivity index (χ1) is 9.24. The Hall–Kier alpha value is -1.46. The van der Waals surface area contributed by atoms with Crippen molar-refractivity contribution in [3.63, 3.8) is 0 Å². The van der Waals surface area contributed by atoms with Crippen LogP contribution in [0.25, 0.3) is 0 Å². The van der Waals surface area contributed by atoms with E-state index in [0.717, 1.165) is 44.0 Å². The molecule has 1 amide bonds. The molecular formula is C14H22N4O. The van der Waals surface area contributed by atoms with Gasteiger partial charge in [-0.25, -0.2) is 0 Å². The molecule has 0 radical (unpaired) electrons. The summed E-state index contributed by atoms with van der Waals surface area (Å²) in [5.41, 5.74) is 1.89. The molecule has 5 heteroatoms. The molecule has 1 aliphatic rings. The number of hydrogen-bond acceptors (Lipinski definition) is 4. The monoisotopic (exact) mass is 262 g/mol. The van der Waals surface area contributed by atoms with E-state index in [1.807, 2.05) is 25.1 Å². The zero-order valence-electron chi connectivity index (χ0n) is 11.5. The number of hydrogen-bond donors (Lipinski definition) is 2. The number of rotatable bonds is 4. The minimum Gasteiger partial charge on any atom is -0.349 e. The molecule has 0 aromatic carbocycles. The van der Waals surface area contributed by atoms with Crippen LogP contribution >= 0.6 is 0 Å². The largest absolute Gasteiger partial charge is 0.349 e. The fraction of sp³-hybridized carbons (Fsp3) is 0.571. The van der Waals surface area contributed by atoms with Crippen molar-refractivity contribution in [2.45, 2.75) is 19.9 Å². The maximum atomic E-state index is 11.9. The average molecular weight is 262 g/mol. The molecular weight excluding hydrogens is 240 g/mol. The van der Waals surface area contributed by atoms with Gasteiger partial charge in [0.1, 0.15) is 0 Å². The fourth-order valence-electron chi connectivity index (χ4n) is 2.21. The van der Waals surface area contributed by atoms with Crippen LogP contribution in [0, 0.1) is 6.92 Å². The molecule has 2 rings (SSSR count). The molecule has 2 heterocycles. The first-order valence-corrected chi connectivity index (χ1v) is 6.86. The molecule has 2 N–H and O–H groups in total. The number of aryl methyl sites for hydroxylation is 1. The Bertz CT molecular complexity index is 414. The lowest BCUT2D eigenvalue weighted by molar-refractivity contribution is -0.122. The van der Waals surface area contributed by atoms with Crippen LogP contribution in [-0.2, 0) is 11.3 Å². The highest BCUT2D eigenvalue weighted by molar-refractivity contribution is 5.77. The van der Waals surface area contributed by atoms with Gasteiger partial charge in [-0.15, -0.1) is 0 Å². The lowest BCUT2D eigenvalue weighted by atomic mass is 10.3. The van der Waals surface area contributed by atoms with Gasteiger partial charge in [-0.3, -0.25) is 14.7 Å². The van der Waals surface area contributed by atoms with Crippen molar-refractivity contribution >= 4 is 5.91 Å². The van der Waals surface area contributed by atoms with Crippen molar-refractivity contribution < 1.29 is 4.79 Å². The van der Waals surface area contributed by atoms with E-state index in [-0.39, 0.29) is 5.91 Å². The van der Waals surface area contributed by atoms with Crippen LogP contribution in [0.3, 0.4) is 0 Å². The Morgan fingerprint density at radius 2 is 2.32 bits per heavy atom. The van der Waals surface area contributed by atoms with Crippen molar-refractivity contribution in [1.82, 2.24) is 20.5 Å². The summed E-state index contributed by atoms with van der Waals surface area (Å²) in [4.78, 5) is 18.4. The molecule has 1 aliphatic heterocycles. The highest BCUT2D eigenvalue weighted by Crippen LogP contribution is 1.98. The molecule has 0 atom stereocenters. The van der Waals surface area contributed by atoms with Gasteiger partial charge in [0, 0.05) is 18.8 Å². The highest BCUT2D eigenvalue weighted by Gasteiger charge is 2.12. The van der Waals surface area contributed by atoms with Crippen LogP contribution < -0.4 is 10.6 Å². The van der Waals surface area contributed by atoms with Gasteiger partial charge < -0.3 is 10.6 Å². The molecule has 104 valence electrons. The SMILES string of the molecule is Cc1cccc(CNC(=O)CN2CCCNCC2)n1. The average Bonchev–Trinajstić information content (AvgIpc) is 2.65. The van der Waals surface area contributed by atoms with Crippen molar-refractivity contribution in [3.8, 4) is 0 Å². The van der Waals surface area contributed by atoms with Crippen LogP contribution in [0.1, 0.15) is 17.8 Å². The molecule has 1 aromatic rings. The van der Waals surface area contributed by atoms with E-state index in [9.17, 15) is 4.79 Å². The number of nitrogens with one attached hydrogen (secondary N) is 2. The number of carbonyl (C=O) groups is 1. The van der Waals surface area contributed by atoms with Gasteiger partial charge in [-0.1, -0.05) is 6.07 Å². The van der Waals surface area contributed by atoms with Gasteiger partial charge in [0.25, 0.3) is 0 Å². The smallest absolute Gasteiger partial charge is 0.234 e.